The SMILES string of the molecule is CC1CC(N(C)CCCN(C)C)C(N)c2ccccc21. The van der Waals surface area contributed by atoms with Crippen molar-refractivity contribution in [3.63, 3.8) is 0 Å². The fourth-order valence-corrected chi connectivity index (χ4v) is 3.36. The maximum Gasteiger partial charge on any atom is 0.0456 e. The zero-order valence-corrected chi connectivity index (χ0v) is 13.3. The Morgan fingerprint density at radius 3 is 2.40 bits per heavy atom. The van der Waals surface area contributed by atoms with Gasteiger partial charge in [-0.25, -0.2) is 0 Å². The number of likely N-dealkylation sites (N-methyl/N-ethyl adjacent to an activating group) is 1. The van der Waals surface area contributed by atoms with Crippen LogP contribution in [0.5, 0.6) is 0 Å². The van der Waals surface area contributed by atoms with Gasteiger partial charge in [0.15, 0.2) is 0 Å². The highest BCUT2D eigenvalue weighted by atomic mass is 15.2. The maximum atomic E-state index is 6.53. The molecule has 0 aliphatic heterocycles. The van der Waals surface area contributed by atoms with Gasteiger partial charge in [0.1, 0.15) is 0 Å². The van der Waals surface area contributed by atoms with Crippen molar-refractivity contribution in [2.75, 3.05) is 34.2 Å². The Labute approximate surface area is 123 Å². The number of hydrogen-bond donors (Lipinski definition) is 1. The smallest absolute Gasteiger partial charge is 0.0456 e. The third-order valence-corrected chi connectivity index (χ3v) is 4.58. The Balaban J connectivity index is 2.03. The lowest BCUT2D eigenvalue weighted by Gasteiger charge is -2.40. The lowest BCUT2D eigenvalue weighted by Crippen LogP contribution is -2.44. The fourth-order valence-electron chi connectivity index (χ4n) is 3.36. The van der Waals surface area contributed by atoms with Gasteiger partial charge in [0.2, 0.25) is 0 Å². The standard InChI is InChI=1S/C17H29N3/c1-13-12-16(20(4)11-7-10-19(2)3)17(18)15-9-6-5-8-14(13)15/h5-6,8-9,13,16-17H,7,10-12,18H2,1-4H3. The normalized spacial score (nSPS) is 26.1. The van der Waals surface area contributed by atoms with E-state index in [-0.39, 0.29) is 6.04 Å². The second-order valence-corrected chi connectivity index (χ2v) is 6.50. The number of fused-ring (bicyclic) bond motifs is 1. The highest BCUT2D eigenvalue weighted by Crippen LogP contribution is 2.37. The first-order valence-corrected chi connectivity index (χ1v) is 7.70. The van der Waals surface area contributed by atoms with Gasteiger partial charge in [-0.05, 0) is 64.1 Å². The highest BCUT2D eigenvalue weighted by Gasteiger charge is 2.32. The van der Waals surface area contributed by atoms with E-state index >= 15 is 0 Å². The molecule has 0 saturated heterocycles. The van der Waals surface area contributed by atoms with Crippen LogP contribution >= 0.6 is 0 Å². The molecule has 0 saturated carbocycles. The van der Waals surface area contributed by atoms with E-state index in [1.807, 2.05) is 0 Å². The van der Waals surface area contributed by atoms with E-state index < -0.39 is 0 Å². The van der Waals surface area contributed by atoms with Gasteiger partial charge in [-0.1, -0.05) is 31.2 Å². The lowest BCUT2D eigenvalue weighted by atomic mass is 9.78. The Morgan fingerprint density at radius 1 is 1.10 bits per heavy atom. The third kappa shape index (κ3) is 3.40. The molecule has 2 rings (SSSR count). The van der Waals surface area contributed by atoms with Crippen molar-refractivity contribution >= 4 is 0 Å². The molecule has 0 spiro atoms. The molecule has 0 heterocycles. The van der Waals surface area contributed by atoms with Crippen molar-refractivity contribution in [3.05, 3.63) is 35.4 Å². The van der Waals surface area contributed by atoms with Crippen LogP contribution in [0.4, 0.5) is 0 Å². The summed E-state index contributed by atoms with van der Waals surface area (Å²) >= 11 is 0. The predicted octanol–water partition coefficient (Wildman–Crippen LogP) is 2.45. The molecule has 1 aromatic carbocycles. The predicted molar refractivity (Wildman–Crippen MR) is 86.0 cm³/mol. The first kappa shape index (κ1) is 15.5. The van der Waals surface area contributed by atoms with Crippen molar-refractivity contribution in [2.24, 2.45) is 5.73 Å². The van der Waals surface area contributed by atoms with Gasteiger partial charge in [-0.15, -0.1) is 0 Å². The van der Waals surface area contributed by atoms with Gasteiger partial charge in [0.25, 0.3) is 0 Å². The minimum Gasteiger partial charge on any atom is -0.323 e. The van der Waals surface area contributed by atoms with Gasteiger partial charge >= 0.3 is 0 Å². The van der Waals surface area contributed by atoms with E-state index in [2.05, 4.69) is 62.1 Å². The zero-order valence-electron chi connectivity index (χ0n) is 13.3. The summed E-state index contributed by atoms with van der Waals surface area (Å²) in [7, 11) is 6.48. The van der Waals surface area contributed by atoms with E-state index in [0.29, 0.717) is 12.0 Å². The third-order valence-electron chi connectivity index (χ3n) is 4.58. The average Bonchev–Trinajstić information content (AvgIpc) is 2.42. The largest absolute Gasteiger partial charge is 0.323 e. The Kier molecular flexibility index (Phi) is 5.19. The van der Waals surface area contributed by atoms with Gasteiger partial charge < -0.3 is 15.5 Å². The number of nitrogens with zero attached hydrogens (tertiary/aromatic N) is 2. The van der Waals surface area contributed by atoms with E-state index in [1.165, 1.54) is 17.5 Å². The van der Waals surface area contributed by atoms with Gasteiger partial charge in [0.05, 0.1) is 0 Å². The molecule has 2 N–H and O–H groups in total. The summed E-state index contributed by atoms with van der Waals surface area (Å²) in [5, 5.41) is 0. The molecule has 3 atom stereocenters. The molecule has 0 bridgehead atoms. The number of hydrogen-bond acceptors (Lipinski definition) is 3. The van der Waals surface area contributed by atoms with Gasteiger partial charge in [-0.3, -0.25) is 0 Å². The van der Waals surface area contributed by atoms with Crippen molar-refractivity contribution in [2.45, 2.75) is 37.8 Å². The van der Waals surface area contributed by atoms with Crippen LogP contribution < -0.4 is 5.73 Å². The van der Waals surface area contributed by atoms with Crippen LogP contribution in [0.25, 0.3) is 0 Å². The van der Waals surface area contributed by atoms with Crippen LogP contribution in [0.3, 0.4) is 0 Å². The van der Waals surface area contributed by atoms with Crippen molar-refractivity contribution in [1.82, 2.24) is 9.80 Å². The minimum absolute atomic E-state index is 0.145. The quantitative estimate of drug-likeness (QED) is 0.896. The molecule has 0 radical (unpaired) electrons. The number of benzene rings is 1. The summed E-state index contributed by atoms with van der Waals surface area (Å²) < 4.78 is 0. The molecule has 112 valence electrons. The molecule has 3 unspecified atom stereocenters. The summed E-state index contributed by atoms with van der Waals surface area (Å²) in [6.07, 6.45) is 2.36. The van der Waals surface area contributed by atoms with Crippen LogP contribution in [0, 0.1) is 0 Å². The van der Waals surface area contributed by atoms with E-state index in [0.717, 1.165) is 19.5 Å². The molecule has 20 heavy (non-hydrogen) atoms. The summed E-state index contributed by atoms with van der Waals surface area (Å²) in [5.74, 6) is 0.604. The average molecular weight is 275 g/mol. The summed E-state index contributed by atoms with van der Waals surface area (Å²) in [5.41, 5.74) is 9.32. The molecular formula is C17H29N3. The van der Waals surface area contributed by atoms with Crippen LogP contribution in [-0.2, 0) is 0 Å². The van der Waals surface area contributed by atoms with Crippen LogP contribution in [-0.4, -0.2) is 50.1 Å². The summed E-state index contributed by atoms with van der Waals surface area (Å²) in [4.78, 5) is 4.70. The zero-order chi connectivity index (χ0) is 14.7. The van der Waals surface area contributed by atoms with Crippen LogP contribution in [0.1, 0.15) is 42.9 Å². The Bertz CT molecular complexity index is 430. The second-order valence-electron chi connectivity index (χ2n) is 6.50. The maximum absolute atomic E-state index is 6.53. The van der Waals surface area contributed by atoms with Crippen molar-refractivity contribution in [1.29, 1.82) is 0 Å². The number of nitrogens with two attached hydrogens (primary N) is 1. The van der Waals surface area contributed by atoms with Gasteiger partial charge in [0, 0.05) is 12.1 Å². The van der Waals surface area contributed by atoms with Crippen LogP contribution in [0.15, 0.2) is 24.3 Å². The molecule has 3 nitrogen and oxygen atoms in total. The molecule has 1 aliphatic carbocycles. The van der Waals surface area contributed by atoms with E-state index in [4.69, 9.17) is 5.73 Å². The van der Waals surface area contributed by atoms with E-state index in [9.17, 15) is 0 Å². The first-order chi connectivity index (χ1) is 9.50. The summed E-state index contributed by atoms with van der Waals surface area (Å²) in [6.45, 7) is 4.58. The molecular weight excluding hydrogens is 246 g/mol. The Hall–Kier alpha value is -0.900. The highest BCUT2D eigenvalue weighted by molar-refractivity contribution is 5.36. The molecule has 0 fully saturated rings. The summed E-state index contributed by atoms with van der Waals surface area (Å²) in [6, 6.07) is 9.29. The van der Waals surface area contributed by atoms with Gasteiger partial charge in [-0.2, -0.15) is 0 Å². The molecule has 0 amide bonds. The Morgan fingerprint density at radius 2 is 1.75 bits per heavy atom. The van der Waals surface area contributed by atoms with Crippen LogP contribution in [0.2, 0.25) is 0 Å². The molecule has 3 heteroatoms. The molecule has 0 aromatic heterocycles. The van der Waals surface area contributed by atoms with Crippen molar-refractivity contribution < 1.29 is 0 Å². The lowest BCUT2D eigenvalue weighted by molar-refractivity contribution is 0.175. The second kappa shape index (κ2) is 6.70. The minimum atomic E-state index is 0.145. The molecule has 1 aliphatic rings. The first-order valence-electron chi connectivity index (χ1n) is 7.70. The monoisotopic (exact) mass is 275 g/mol. The van der Waals surface area contributed by atoms with Crippen molar-refractivity contribution in [3.8, 4) is 0 Å². The molecule has 1 aromatic rings. The topological polar surface area (TPSA) is 32.5 Å². The van der Waals surface area contributed by atoms with E-state index in [1.54, 1.807) is 0 Å². The number of rotatable bonds is 5. The fraction of sp³-hybridized carbons (Fsp3) is 0.647.